The van der Waals surface area contributed by atoms with E-state index in [-0.39, 0.29) is 12.4 Å². The summed E-state index contributed by atoms with van der Waals surface area (Å²) < 4.78 is 0. The first-order valence-corrected chi connectivity index (χ1v) is 3.78. The molecule has 0 spiro atoms. The SMILES string of the molecule is Cl.O=C(O)c1cccc(C(=O)O)c1C(=O)O. The first kappa shape index (κ1) is 13.9. The van der Waals surface area contributed by atoms with Crippen LogP contribution in [0.2, 0.25) is 0 Å². The molecule has 0 atom stereocenters. The summed E-state index contributed by atoms with van der Waals surface area (Å²) in [5.41, 5.74) is -1.79. The number of halogens is 1. The van der Waals surface area contributed by atoms with Crippen LogP contribution in [0, 0.1) is 0 Å². The number of rotatable bonds is 3. The van der Waals surface area contributed by atoms with Crippen LogP contribution in [0.4, 0.5) is 0 Å². The Morgan fingerprint density at radius 2 is 1.19 bits per heavy atom. The Kier molecular flexibility index (Phi) is 4.46. The van der Waals surface area contributed by atoms with Gasteiger partial charge in [0, 0.05) is 0 Å². The predicted molar refractivity (Wildman–Crippen MR) is 54.6 cm³/mol. The minimum absolute atomic E-state index is 0. The van der Waals surface area contributed by atoms with Crippen LogP contribution in [0.5, 0.6) is 0 Å². The third-order valence-electron chi connectivity index (χ3n) is 1.74. The molecule has 16 heavy (non-hydrogen) atoms. The Hall–Kier alpha value is -2.08. The summed E-state index contributed by atoms with van der Waals surface area (Å²) in [5, 5.41) is 26.0. The second-order valence-electron chi connectivity index (χ2n) is 2.64. The van der Waals surface area contributed by atoms with E-state index in [1.807, 2.05) is 0 Å². The van der Waals surface area contributed by atoms with Gasteiger partial charge in [0.15, 0.2) is 0 Å². The van der Waals surface area contributed by atoms with Crippen LogP contribution in [0.3, 0.4) is 0 Å². The van der Waals surface area contributed by atoms with Gasteiger partial charge in [-0.1, -0.05) is 6.07 Å². The maximum Gasteiger partial charge on any atom is 0.337 e. The summed E-state index contributed by atoms with van der Waals surface area (Å²) in [4.78, 5) is 32.0. The van der Waals surface area contributed by atoms with Gasteiger partial charge in [0.25, 0.3) is 0 Å². The zero-order valence-corrected chi connectivity index (χ0v) is 8.52. The number of hydrogen-bond donors (Lipinski definition) is 3. The number of carboxylic acid groups (broad SMARTS) is 3. The fraction of sp³-hybridized carbons (Fsp3) is 0. The second kappa shape index (κ2) is 5.13. The molecule has 0 amide bonds. The number of carboxylic acids is 3. The minimum atomic E-state index is -1.58. The van der Waals surface area contributed by atoms with Crippen molar-refractivity contribution >= 4 is 30.3 Å². The molecule has 0 aliphatic carbocycles. The summed E-state index contributed by atoms with van der Waals surface area (Å²) in [6, 6.07) is 3.26. The molecule has 3 N–H and O–H groups in total. The van der Waals surface area contributed by atoms with Crippen LogP contribution in [0.15, 0.2) is 18.2 Å². The van der Waals surface area contributed by atoms with E-state index in [4.69, 9.17) is 15.3 Å². The fourth-order valence-electron chi connectivity index (χ4n) is 1.14. The van der Waals surface area contributed by atoms with Crippen LogP contribution in [-0.2, 0) is 0 Å². The molecule has 86 valence electrons. The van der Waals surface area contributed by atoms with Gasteiger partial charge in [0.05, 0.1) is 16.7 Å². The number of aromatic carboxylic acids is 3. The van der Waals surface area contributed by atoms with Crippen LogP contribution in [0.25, 0.3) is 0 Å². The number of benzene rings is 1. The van der Waals surface area contributed by atoms with Crippen molar-refractivity contribution in [1.82, 2.24) is 0 Å². The molecule has 0 unspecified atom stereocenters. The summed E-state index contributed by atoms with van der Waals surface area (Å²) in [6.45, 7) is 0. The van der Waals surface area contributed by atoms with E-state index in [0.29, 0.717) is 0 Å². The summed E-state index contributed by atoms with van der Waals surface area (Å²) in [5.74, 6) is -4.53. The molecule has 7 heteroatoms. The Labute approximate surface area is 95.5 Å². The van der Waals surface area contributed by atoms with Gasteiger partial charge in [-0.3, -0.25) is 0 Å². The standard InChI is InChI=1S/C9H6O6.ClH/c10-7(11)4-2-1-3-5(8(12)13)6(4)9(14)15;/h1-3H,(H,10,11)(H,12,13)(H,14,15);1H. The zero-order chi connectivity index (χ0) is 11.6. The van der Waals surface area contributed by atoms with Crippen LogP contribution < -0.4 is 0 Å². The molecule has 0 bridgehead atoms. The first-order chi connectivity index (χ1) is 6.95. The molecule has 0 saturated carbocycles. The molecule has 0 fully saturated rings. The van der Waals surface area contributed by atoms with E-state index in [0.717, 1.165) is 12.1 Å². The third-order valence-corrected chi connectivity index (χ3v) is 1.74. The predicted octanol–water partition coefficient (Wildman–Crippen LogP) is 1.20. The van der Waals surface area contributed by atoms with Crippen LogP contribution in [0.1, 0.15) is 31.1 Å². The van der Waals surface area contributed by atoms with E-state index in [1.165, 1.54) is 6.07 Å². The smallest absolute Gasteiger partial charge is 0.337 e. The van der Waals surface area contributed by atoms with Crippen molar-refractivity contribution < 1.29 is 29.7 Å². The van der Waals surface area contributed by atoms with E-state index >= 15 is 0 Å². The monoisotopic (exact) mass is 246 g/mol. The average Bonchev–Trinajstić information content (AvgIpc) is 2.16. The molecule has 0 aliphatic heterocycles. The van der Waals surface area contributed by atoms with Crippen molar-refractivity contribution in [2.45, 2.75) is 0 Å². The highest BCUT2D eigenvalue weighted by molar-refractivity contribution is 6.08. The van der Waals surface area contributed by atoms with Gasteiger partial charge in [-0.05, 0) is 12.1 Å². The number of hydrogen-bond acceptors (Lipinski definition) is 3. The van der Waals surface area contributed by atoms with Crippen molar-refractivity contribution in [3.63, 3.8) is 0 Å². The van der Waals surface area contributed by atoms with Gasteiger partial charge in [-0.2, -0.15) is 0 Å². The van der Waals surface area contributed by atoms with Crippen molar-refractivity contribution in [2.75, 3.05) is 0 Å². The molecule has 1 rings (SSSR count). The Morgan fingerprint density at radius 1 is 0.812 bits per heavy atom. The molecule has 6 nitrogen and oxygen atoms in total. The maximum absolute atomic E-state index is 10.7. The van der Waals surface area contributed by atoms with E-state index in [2.05, 4.69) is 0 Å². The van der Waals surface area contributed by atoms with Crippen molar-refractivity contribution in [2.24, 2.45) is 0 Å². The summed E-state index contributed by atoms with van der Waals surface area (Å²) in [6.07, 6.45) is 0. The molecule has 0 radical (unpaired) electrons. The Morgan fingerprint density at radius 3 is 1.44 bits per heavy atom. The van der Waals surface area contributed by atoms with Gasteiger partial charge < -0.3 is 15.3 Å². The molecular formula is C9H7ClO6. The first-order valence-electron chi connectivity index (χ1n) is 3.78. The summed E-state index contributed by atoms with van der Waals surface area (Å²) >= 11 is 0. The van der Waals surface area contributed by atoms with E-state index in [1.54, 1.807) is 0 Å². The lowest BCUT2D eigenvalue weighted by Crippen LogP contribution is -2.14. The maximum atomic E-state index is 10.7. The van der Waals surface area contributed by atoms with Gasteiger partial charge in [-0.15, -0.1) is 12.4 Å². The minimum Gasteiger partial charge on any atom is -0.478 e. The molecule has 0 heterocycles. The van der Waals surface area contributed by atoms with E-state index in [9.17, 15) is 14.4 Å². The highest BCUT2D eigenvalue weighted by Gasteiger charge is 2.22. The summed E-state index contributed by atoms with van der Waals surface area (Å²) in [7, 11) is 0. The lowest BCUT2D eigenvalue weighted by molar-refractivity contribution is 0.0633. The van der Waals surface area contributed by atoms with Gasteiger partial charge in [-0.25, -0.2) is 14.4 Å². The van der Waals surface area contributed by atoms with Crippen molar-refractivity contribution in [3.05, 3.63) is 34.9 Å². The molecular weight excluding hydrogens is 240 g/mol. The van der Waals surface area contributed by atoms with Crippen LogP contribution >= 0.6 is 12.4 Å². The van der Waals surface area contributed by atoms with Crippen molar-refractivity contribution in [3.8, 4) is 0 Å². The van der Waals surface area contributed by atoms with Crippen molar-refractivity contribution in [1.29, 1.82) is 0 Å². The zero-order valence-electron chi connectivity index (χ0n) is 7.71. The lowest BCUT2D eigenvalue weighted by Gasteiger charge is -2.04. The van der Waals surface area contributed by atoms with Gasteiger partial charge in [0.1, 0.15) is 0 Å². The highest BCUT2D eigenvalue weighted by atomic mass is 35.5. The topological polar surface area (TPSA) is 112 Å². The molecule has 0 saturated heterocycles. The van der Waals surface area contributed by atoms with Gasteiger partial charge in [0.2, 0.25) is 0 Å². The molecule has 0 aromatic heterocycles. The molecule has 1 aromatic rings. The number of carbonyl (C=O) groups is 3. The Bertz CT molecular complexity index is 421. The van der Waals surface area contributed by atoms with Gasteiger partial charge >= 0.3 is 17.9 Å². The second-order valence-corrected chi connectivity index (χ2v) is 2.64. The van der Waals surface area contributed by atoms with Crippen LogP contribution in [-0.4, -0.2) is 33.2 Å². The quantitative estimate of drug-likeness (QED) is 0.739. The average molecular weight is 247 g/mol. The third kappa shape index (κ3) is 2.48. The highest BCUT2D eigenvalue weighted by Crippen LogP contribution is 2.15. The normalized spacial score (nSPS) is 9.00. The molecule has 1 aromatic carbocycles. The largest absolute Gasteiger partial charge is 0.478 e. The molecule has 0 aliphatic rings. The fourth-order valence-corrected chi connectivity index (χ4v) is 1.14. The Balaban J connectivity index is 0.00000225. The van der Waals surface area contributed by atoms with E-state index < -0.39 is 34.6 Å². The lowest BCUT2D eigenvalue weighted by atomic mass is 10.0.